The van der Waals surface area contributed by atoms with Gasteiger partial charge in [-0.3, -0.25) is 9.99 Å². The number of halogens is 2. The van der Waals surface area contributed by atoms with Gasteiger partial charge in [-0.25, -0.2) is 4.98 Å². The van der Waals surface area contributed by atoms with Crippen LogP contribution >= 0.6 is 23.2 Å². The van der Waals surface area contributed by atoms with Crippen molar-refractivity contribution in [1.29, 1.82) is 0 Å². The molecule has 6 heteroatoms. The van der Waals surface area contributed by atoms with E-state index in [1.807, 2.05) is 41.8 Å². The number of rotatable bonds is 4. The van der Waals surface area contributed by atoms with Crippen molar-refractivity contribution in [2.75, 3.05) is 5.43 Å². The Balaban J connectivity index is 1.84. The molecule has 4 nitrogen and oxygen atoms in total. The van der Waals surface area contributed by atoms with Gasteiger partial charge in [-0.1, -0.05) is 35.3 Å². The number of aromatic nitrogens is 2. The second-order valence-corrected chi connectivity index (χ2v) is 5.80. The summed E-state index contributed by atoms with van der Waals surface area (Å²) in [5.41, 5.74) is 6.63. The van der Waals surface area contributed by atoms with Gasteiger partial charge in [-0.15, -0.1) is 0 Å². The largest absolute Gasteiger partial charge is 0.297 e. The van der Waals surface area contributed by atoms with Gasteiger partial charge < -0.3 is 0 Å². The van der Waals surface area contributed by atoms with E-state index in [-0.39, 0.29) is 0 Å². The monoisotopic (exact) mass is 344 g/mol. The van der Waals surface area contributed by atoms with Gasteiger partial charge >= 0.3 is 0 Å². The number of aryl methyl sites for hydroxylation is 1. The molecule has 1 N–H and O–H groups in total. The number of benzene rings is 2. The van der Waals surface area contributed by atoms with Crippen LogP contribution in [0, 0.1) is 6.92 Å². The van der Waals surface area contributed by atoms with E-state index in [0.717, 1.165) is 16.9 Å². The average molecular weight is 345 g/mol. The van der Waals surface area contributed by atoms with E-state index in [2.05, 4.69) is 21.6 Å². The highest BCUT2D eigenvalue weighted by molar-refractivity contribution is 6.31. The summed E-state index contributed by atoms with van der Waals surface area (Å²) >= 11 is 12.0. The Morgan fingerprint density at radius 2 is 1.91 bits per heavy atom. The molecular formula is C17H14Cl2N4. The highest BCUT2D eigenvalue weighted by Crippen LogP contribution is 2.18. The van der Waals surface area contributed by atoms with E-state index in [9.17, 15) is 0 Å². The number of nitrogens with one attached hydrogen (secondary N) is 1. The lowest BCUT2D eigenvalue weighted by atomic mass is 10.2. The molecule has 0 aliphatic heterocycles. The average Bonchev–Trinajstić information content (AvgIpc) is 2.90. The van der Waals surface area contributed by atoms with Crippen molar-refractivity contribution in [3.05, 3.63) is 76.3 Å². The molecule has 0 amide bonds. The molecular weight excluding hydrogens is 331 g/mol. The third kappa shape index (κ3) is 3.73. The summed E-state index contributed by atoms with van der Waals surface area (Å²) in [5, 5.41) is 5.30. The van der Waals surface area contributed by atoms with Crippen LogP contribution in [-0.4, -0.2) is 15.8 Å². The van der Waals surface area contributed by atoms with E-state index in [1.54, 1.807) is 24.7 Å². The van der Waals surface area contributed by atoms with Crippen molar-refractivity contribution in [1.82, 2.24) is 9.55 Å². The maximum absolute atomic E-state index is 6.17. The maximum Gasteiger partial charge on any atom is 0.156 e. The molecule has 0 spiro atoms. The zero-order valence-corrected chi connectivity index (χ0v) is 13.9. The molecule has 0 aliphatic carbocycles. The van der Waals surface area contributed by atoms with Crippen LogP contribution in [0.3, 0.4) is 0 Å². The van der Waals surface area contributed by atoms with Crippen molar-refractivity contribution in [3.63, 3.8) is 0 Å². The van der Waals surface area contributed by atoms with Crippen LogP contribution in [0.15, 0.2) is 60.0 Å². The molecule has 3 rings (SSSR count). The SMILES string of the molecule is Cc1cccc(-n2cnc(Cl)c2/C=N/Nc2ccc(Cl)cc2)c1. The van der Waals surface area contributed by atoms with Crippen LogP contribution in [0.4, 0.5) is 5.69 Å². The van der Waals surface area contributed by atoms with Crippen LogP contribution in [-0.2, 0) is 0 Å². The highest BCUT2D eigenvalue weighted by atomic mass is 35.5. The molecule has 1 aromatic heterocycles. The van der Waals surface area contributed by atoms with Crippen molar-refractivity contribution in [2.45, 2.75) is 6.92 Å². The fourth-order valence-corrected chi connectivity index (χ4v) is 2.44. The summed E-state index contributed by atoms with van der Waals surface area (Å²) in [7, 11) is 0. The second-order valence-electron chi connectivity index (χ2n) is 5.01. The topological polar surface area (TPSA) is 42.2 Å². The number of hydrogen-bond donors (Lipinski definition) is 1. The quantitative estimate of drug-likeness (QED) is 0.538. The predicted molar refractivity (Wildman–Crippen MR) is 96.0 cm³/mol. The summed E-state index contributed by atoms with van der Waals surface area (Å²) < 4.78 is 1.89. The summed E-state index contributed by atoms with van der Waals surface area (Å²) in [5.74, 6) is 0. The molecule has 0 atom stereocenters. The fraction of sp³-hybridized carbons (Fsp3) is 0.0588. The first-order valence-corrected chi connectivity index (χ1v) is 7.73. The highest BCUT2D eigenvalue weighted by Gasteiger charge is 2.08. The molecule has 0 bridgehead atoms. The Bertz CT molecular complexity index is 838. The molecule has 116 valence electrons. The lowest BCUT2D eigenvalue weighted by molar-refractivity contribution is 1.04. The van der Waals surface area contributed by atoms with E-state index < -0.39 is 0 Å². The molecule has 3 aromatic rings. The normalized spacial score (nSPS) is 11.1. The van der Waals surface area contributed by atoms with Crippen molar-refractivity contribution in [3.8, 4) is 5.69 Å². The van der Waals surface area contributed by atoms with Crippen LogP contribution in [0.2, 0.25) is 10.2 Å². The molecule has 0 radical (unpaired) electrons. The van der Waals surface area contributed by atoms with Gasteiger partial charge in [0.15, 0.2) is 5.15 Å². The van der Waals surface area contributed by atoms with Gasteiger partial charge in [0.1, 0.15) is 12.0 Å². The van der Waals surface area contributed by atoms with Crippen LogP contribution in [0.5, 0.6) is 0 Å². The van der Waals surface area contributed by atoms with Crippen molar-refractivity contribution < 1.29 is 0 Å². The number of imidazole rings is 1. The standard InChI is InChI=1S/C17H14Cl2N4/c1-12-3-2-4-15(9-12)23-11-20-17(19)16(23)10-21-22-14-7-5-13(18)6-8-14/h2-11,22H,1H3/b21-10+. The first-order valence-electron chi connectivity index (χ1n) is 6.98. The molecule has 0 saturated heterocycles. The molecule has 0 saturated carbocycles. The summed E-state index contributed by atoms with van der Waals surface area (Å²) in [6, 6.07) is 15.4. The molecule has 23 heavy (non-hydrogen) atoms. The first kappa shape index (κ1) is 15.6. The third-order valence-electron chi connectivity index (χ3n) is 3.26. The van der Waals surface area contributed by atoms with E-state index >= 15 is 0 Å². The molecule has 0 unspecified atom stereocenters. The van der Waals surface area contributed by atoms with E-state index in [0.29, 0.717) is 15.9 Å². The lowest BCUT2D eigenvalue weighted by Crippen LogP contribution is -2.00. The Labute approximate surface area is 144 Å². The van der Waals surface area contributed by atoms with E-state index in [4.69, 9.17) is 23.2 Å². The van der Waals surface area contributed by atoms with E-state index in [1.165, 1.54) is 0 Å². The Morgan fingerprint density at radius 3 is 2.65 bits per heavy atom. The second kappa shape index (κ2) is 6.86. The Kier molecular flexibility index (Phi) is 4.65. The van der Waals surface area contributed by atoms with Crippen molar-refractivity contribution >= 4 is 35.1 Å². The molecule has 0 fully saturated rings. The Morgan fingerprint density at radius 1 is 1.13 bits per heavy atom. The van der Waals surface area contributed by atoms with Gasteiger partial charge in [0.2, 0.25) is 0 Å². The van der Waals surface area contributed by atoms with Crippen LogP contribution in [0.25, 0.3) is 5.69 Å². The number of anilines is 1. The Hall–Kier alpha value is -2.30. The summed E-state index contributed by atoms with van der Waals surface area (Å²) in [6.07, 6.45) is 3.33. The maximum atomic E-state index is 6.17. The van der Waals surface area contributed by atoms with Gasteiger partial charge in [0.05, 0.1) is 11.9 Å². The van der Waals surface area contributed by atoms with Crippen molar-refractivity contribution in [2.24, 2.45) is 5.10 Å². The van der Waals surface area contributed by atoms with Crippen LogP contribution < -0.4 is 5.43 Å². The van der Waals surface area contributed by atoms with Gasteiger partial charge in [-0.2, -0.15) is 5.10 Å². The minimum absolute atomic E-state index is 0.396. The molecule has 0 aliphatic rings. The van der Waals surface area contributed by atoms with Gasteiger partial charge in [-0.05, 0) is 48.9 Å². The first-order chi connectivity index (χ1) is 11.1. The number of hydrogen-bond acceptors (Lipinski definition) is 3. The predicted octanol–water partition coefficient (Wildman–Crippen LogP) is 4.93. The summed E-state index contributed by atoms with van der Waals surface area (Å²) in [6.45, 7) is 2.04. The van der Waals surface area contributed by atoms with Gasteiger partial charge in [0.25, 0.3) is 0 Å². The molecule has 2 aromatic carbocycles. The van der Waals surface area contributed by atoms with Crippen LogP contribution in [0.1, 0.15) is 11.3 Å². The fourth-order valence-electron chi connectivity index (χ4n) is 2.13. The smallest absolute Gasteiger partial charge is 0.156 e. The zero-order chi connectivity index (χ0) is 16.2. The minimum Gasteiger partial charge on any atom is -0.297 e. The summed E-state index contributed by atoms with van der Waals surface area (Å²) in [4.78, 5) is 4.15. The third-order valence-corrected chi connectivity index (χ3v) is 3.81. The molecule has 1 heterocycles. The lowest BCUT2D eigenvalue weighted by Gasteiger charge is -2.06. The minimum atomic E-state index is 0.396. The number of hydrazone groups is 1. The van der Waals surface area contributed by atoms with Gasteiger partial charge in [0, 0.05) is 10.7 Å². The number of nitrogens with zero attached hydrogens (tertiary/aromatic N) is 3. The zero-order valence-electron chi connectivity index (χ0n) is 12.4.